The first-order chi connectivity index (χ1) is 20.3. The Morgan fingerprint density at radius 1 is 0.721 bits per heavy atom. The van der Waals surface area contributed by atoms with Gasteiger partial charge in [0.25, 0.3) is 0 Å². The molecule has 0 aliphatic carbocycles. The highest BCUT2D eigenvalue weighted by molar-refractivity contribution is 5.88. The fourth-order valence-corrected chi connectivity index (χ4v) is 4.76. The highest BCUT2D eigenvalue weighted by atomic mass is 16.7. The molecule has 2 aliphatic heterocycles. The summed E-state index contributed by atoms with van der Waals surface area (Å²) in [5.74, 6) is -5.15. The van der Waals surface area contributed by atoms with Crippen LogP contribution < -0.4 is 10.2 Å². The van der Waals surface area contributed by atoms with E-state index in [1.807, 2.05) is 0 Å². The maximum Gasteiger partial charge on any atom is 0.239 e. The molecular weight excluding hydrogens is 584 g/mol. The zero-order valence-corrected chi connectivity index (χ0v) is 21.8. The van der Waals surface area contributed by atoms with Crippen molar-refractivity contribution in [1.82, 2.24) is 0 Å². The average molecular weight is 612 g/mol. The molecular formula is C26H28O17. The molecule has 17 heteroatoms. The number of phenols is 5. The number of benzene rings is 2. The molecule has 0 radical (unpaired) electrons. The standard InChI is InChI=1S/C26H28O17/c27-5-13-17(33)21(37)25(41-13)39-6-14-18(34)20(36)22(38)26(42-14)43-24-19(35)15-9(29)3-8(28)4-12(15)40-23(24)7-1-10(30)16(32)11(31)2-7/h1-4,13-14,17-18,20-22,25-34,36-38H,5-6H2/t13-,14-,17-,18+,20+,21+,22-,25-,26+/m1/s1. The molecule has 11 N–H and O–H groups in total. The van der Waals surface area contributed by atoms with Gasteiger partial charge in [-0.3, -0.25) is 4.79 Å². The van der Waals surface area contributed by atoms with Crippen molar-refractivity contribution in [1.29, 1.82) is 0 Å². The SMILES string of the molecule is O=c1c(O[C@@H]2O[C@H](CO[C@@H]3O[C@H](CO)[C@@H](O)[C@@H]3O)[C@H](O)[C@H](O)[C@H]2O)c(-c2cc(O)c(O)c(O)c2)oc2cc(O)cc(O)c12. The lowest BCUT2D eigenvalue weighted by molar-refractivity contribution is -0.290. The summed E-state index contributed by atoms with van der Waals surface area (Å²) in [6.07, 6.45) is -14.9. The van der Waals surface area contributed by atoms with E-state index >= 15 is 0 Å². The maximum absolute atomic E-state index is 13.6. The number of aliphatic hydroxyl groups is 6. The quantitative estimate of drug-likeness (QED) is 0.124. The van der Waals surface area contributed by atoms with E-state index in [1.165, 1.54) is 0 Å². The summed E-state index contributed by atoms with van der Waals surface area (Å²) >= 11 is 0. The van der Waals surface area contributed by atoms with Crippen LogP contribution in [-0.4, -0.2) is 125 Å². The topological polar surface area (TPSA) is 290 Å². The van der Waals surface area contributed by atoms with Crippen molar-refractivity contribution in [2.75, 3.05) is 13.2 Å². The molecule has 17 nitrogen and oxygen atoms in total. The molecule has 0 unspecified atom stereocenters. The van der Waals surface area contributed by atoms with E-state index in [0.717, 1.165) is 24.3 Å². The van der Waals surface area contributed by atoms with Crippen molar-refractivity contribution < 1.29 is 79.5 Å². The summed E-state index contributed by atoms with van der Waals surface area (Å²) in [6, 6.07) is 3.56. The van der Waals surface area contributed by atoms with Crippen molar-refractivity contribution in [3.63, 3.8) is 0 Å². The number of hydrogen-bond acceptors (Lipinski definition) is 17. The monoisotopic (exact) mass is 612 g/mol. The molecule has 1 aromatic heterocycles. The molecule has 0 spiro atoms. The van der Waals surface area contributed by atoms with Gasteiger partial charge < -0.3 is 79.5 Å². The Bertz CT molecular complexity index is 1530. The molecule has 2 saturated heterocycles. The van der Waals surface area contributed by atoms with Crippen LogP contribution in [0.4, 0.5) is 0 Å². The predicted molar refractivity (Wildman–Crippen MR) is 137 cm³/mol. The number of rotatable bonds is 7. The zero-order chi connectivity index (χ0) is 31.3. The fraction of sp³-hybridized carbons (Fsp3) is 0.423. The van der Waals surface area contributed by atoms with E-state index < -0.39 is 120 Å². The van der Waals surface area contributed by atoms with E-state index in [4.69, 9.17) is 23.4 Å². The molecule has 3 aromatic rings. The fourth-order valence-electron chi connectivity index (χ4n) is 4.76. The normalized spacial score (nSPS) is 31.0. The summed E-state index contributed by atoms with van der Waals surface area (Å²) in [6.45, 7) is -1.26. The summed E-state index contributed by atoms with van der Waals surface area (Å²) < 4.78 is 27.4. The van der Waals surface area contributed by atoms with Gasteiger partial charge in [0.15, 0.2) is 29.3 Å². The van der Waals surface area contributed by atoms with Gasteiger partial charge in [-0.15, -0.1) is 0 Å². The van der Waals surface area contributed by atoms with Crippen molar-refractivity contribution in [3.05, 3.63) is 34.5 Å². The zero-order valence-electron chi connectivity index (χ0n) is 21.8. The maximum atomic E-state index is 13.6. The second-order valence-corrected chi connectivity index (χ2v) is 9.96. The molecule has 0 bridgehead atoms. The van der Waals surface area contributed by atoms with Gasteiger partial charge in [-0.05, 0) is 12.1 Å². The van der Waals surface area contributed by atoms with Gasteiger partial charge in [-0.2, -0.15) is 0 Å². The van der Waals surface area contributed by atoms with Crippen LogP contribution in [0.2, 0.25) is 0 Å². The lowest BCUT2D eigenvalue weighted by atomic mass is 9.99. The molecule has 3 heterocycles. The average Bonchev–Trinajstić information content (AvgIpc) is 3.23. The van der Waals surface area contributed by atoms with Crippen LogP contribution in [0.1, 0.15) is 0 Å². The Kier molecular flexibility index (Phi) is 8.27. The van der Waals surface area contributed by atoms with Gasteiger partial charge in [0.1, 0.15) is 65.2 Å². The largest absolute Gasteiger partial charge is 0.508 e. The van der Waals surface area contributed by atoms with Crippen LogP contribution in [0, 0.1) is 0 Å². The van der Waals surface area contributed by atoms with E-state index in [0.29, 0.717) is 0 Å². The van der Waals surface area contributed by atoms with Crippen molar-refractivity contribution >= 4 is 11.0 Å². The lowest BCUT2D eigenvalue weighted by Gasteiger charge is -2.40. The molecule has 9 atom stereocenters. The number of ether oxygens (including phenoxy) is 4. The Morgan fingerprint density at radius 3 is 1.95 bits per heavy atom. The first kappa shape index (κ1) is 30.5. The van der Waals surface area contributed by atoms with Crippen molar-refractivity contribution in [2.45, 2.75) is 55.3 Å². The number of aliphatic hydroxyl groups excluding tert-OH is 6. The molecule has 2 aliphatic rings. The van der Waals surface area contributed by atoms with E-state index in [2.05, 4.69) is 0 Å². The lowest BCUT2D eigenvalue weighted by Crippen LogP contribution is -2.60. The van der Waals surface area contributed by atoms with Crippen LogP contribution in [0.3, 0.4) is 0 Å². The third kappa shape index (κ3) is 5.49. The van der Waals surface area contributed by atoms with Gasteiger partial charge in [0.2, 0.25) is 17.5 Å². The summed E-state index contributed by atoms with van der Waals surface area (Å²) in [5, 5.41) is 110. The van der Waals surface area contributed by atoms with Gasteiger partial charge in [-0.1, -0.05) is 0 Å². The Labute approximate surface area is 239 Å². The molecule has 5 rings (SSSR count). The molecule has 0 saturated carbocycles. The first-order valence-electron chi connectivity index (χ1n) is 12.7. The Morgan fingerprint density at radius 2 is 1.33 bits per heavy atom. The minimum absolute atomic E-state index is 0.264. The molecule has 0 amide bonds. The molecule has 2 fully saturated rings. The summed E-state index contributed by atoms with van der Waals surface area (Å²) in [5.41, 5.74) is -1.74. The van der Waals surface area contributed by atoms with Crippen LogP contribution in [0.15, 0.2) is 33.5 Å². The van der Waals surface area contributed by atoms with Gasteiger partial charge in [0.05, 0.1) is 13.2 Å². The third-order valence-electron chi connectivity index (χ3n) is 7.08. The first-order valence-corrected chi connectivity index (χ1v) is 12.7. The van der Waals surface area contributed by atoms with Gasteiger partial charge in [0, 0.05) is 17.7 Å². The van der Waals surface area contributed by atoms with Crippen LogP contribution in [0.25, 0.3) is 22.3 Å². The molecule has 234 valence electrons. The highest BCUT2D eigenvalue weighted by Gasteiger charge is 2.48. The number of fused-ring (bicyclic) bond motifs is 1. The summed E-state index contributed by atoms with van der Waals surface area (Å²) in [7, 11) is 0. The predicted octanol–water partition coefficient (Wildman–Crippen LogP) is -2.37. The number of hydrogen-bond donors (Lipinski definition) is 11. The second-order valence-electron chi connectivity index (χ2n) is 9.96. The summed E-state index contributed by atoms with van der Waals surface area (Å²) in [4.78, 5) is 13.6. The van der Waals surface area contributed by atoms with Crippen LogP contribution >= 0.6 is 0 Å². The van der Waals surface area contributed by atoms with Crippen LogP contribution in [-0.2, 0) is 14.2 Å². The Balaban J connectivity index is 1.50. The van der Waals surface area contributed by atoms with Crippen molar-refractivity contribution in [2.24, 2.45) is 0 Å². The molecule has 43 heavy (non-hydrogen) atoms. The van der Waals surface area contributed by atoms with Gasteiger partial charge >= 0.3 is 0 Å². The smallest absolute Gasteiger partial charge is 0.239 e. The molecule has 2 aromatic carbocycles. The highest BCUT2D eigenvalue weighted by Crippen LogP contribution is 2.43. The van der Waals surface area contributed by atoms with E-state index in [9.17, 15) is 61.0 Å². The number of phenolic OH excluding ortho intramolecular Hbond substituents is 5. The minimum atomic E-state index is -2.02. The minimum Gasteiger partial charge on any atom is -0.508 e. The van der Waals surface area contributed by atoms with Crippen molar-refractivity contribution in [3.8, 4) is 45.8 Å². The second kappa shape index (κ2) is 11.6. The van der Waals surface area contributed by atoms with Crippen LogP contribution in [0.5, 0.6) is 34.5 Å². The third-order valence-corrected chi connectivity index (χ3v) is 7.08. The van der Waals surface area contributed by atoms with E-state index in [1.54, 1.807) is 0 Å². The van der Waals surface area contributed by atoms with Gasteiger partial charge in [-0.25, -0.2) is 0 Å². The number of aromatic hydroxyl groups is 5. The Hall–Kier alpha value is -3.91. The van der Waals surface area contributed by atoms with E-state index in [-0.39, 0.29) is 11.1 Å².